The quantitative estimate of drug-likeness (QED) is 0.523. The lowest BCUT2D eigenvalue weighted by Crippen LogP contribution is -2.24. The van der Waals surface area contributed by atoms with E-state index in [1.807, 2.05) is 0 Å². The zero-order valence-electron chi connectivity index (χ0n) is 11.5. The Labute approximate surface area is 146 Å². The number of ether oxygens (including phenoxy) is 1. The molecule has 0 N–H and O–H groups in total. The molecule has 0 saturated carbocycles. The summed E-state index contributed by atoms with van der Waals surface area (Å²) in [5, 5.41) is 0.584. The van der Waals surface area contributed by atoms with Crippen LogP contribution in [0, 0.1) is 0 Å². The summed E-state index contributed by atoms with van der Waals surface area (Å²) < 4.78 is 6.04. The molecule has 0 bridgehead atoms. The van der Waals surface area contributed by atoms with E-state index in [1.54, 1.807) is 30.3 Å². The zero-order chi connectivity index (χ0) is 16.3. The van der Waals surface area contributed by atoms with E-state index in [-0.39, 0.29) is 16.4 Å². The molecule has 2 aromatic rings. The minimum absolute atomic E-state index is 0.129. The largest absolute Gasteiger partial charge is 0.451 e. The summed E-state index contributed by atoms with van der Waals surface area (Å²) in [6.45, 7) is 1.51. The molecule has 22 heavy (non-hydrogen) atoms. The molecule has 0 aliphatic rings. The van der Waals surface area contributed by atoms with Crippen molar-refractivity contribution in [1.29, 1.82) is 0 Å². The minimum Gasteiger partial charge on any atom is -0.451 e. The first-order valence-corrected chi connectivity index (χ1v) is 7.89. The number of hydrogen-bond acceptors (Lipinski definition) is 3. The van der Waals surface area contributed by atoms with E-state index in [1.165, 1.54) is 19.1 Å². The van der Waals surface area contributed by atoms with Crippen molar-refractivity contribution in [2.24, 2.45) is 0 Å². The summed E-state index contributed by atoms with van der Waals surface area (Å²) in [4.78, 5) is 24.3. The Morgan fingerprint density at radius 2 is 1.73 bits per heavy atom. The van der Waals surface area contributed by atoms with Crippen LogP contribution in [0.3, 0.4) is 0 Å². The van der Waals surface area contributed by atoms with Gasteiger partial charge in [-0.05, 0) is 37.3 Å². The van der Waals surface area contributed by atoms with Crippen molar-refractivity contribution in [2.45, 2.75) is 13.0 Å². The Morgan fingerprint density at radius 1 is 1.09 bits per heavy atom. The number of esters is 1. The van der Waals surface area contributed by atoms with Crippen LogP contribution in [0.1, 0.15) is 27.6 Å². The van der Waals surface area contributed by atoms with Crippen LogP contribution in [0.25, 0.3) is 0 Å². The van der Waals surface area contributed by atoms with Gasteiger partial charge in [0.25, 0.3) is 0 Å². The molecule has 0 amide bonds. The van der Waals surface area contributed by atoms with E-state index in [0.29, 0.717) is 10.6 Å². The predicted molar refractivity (Wildman–Crippen MR) is 89.8 cm³/mol. The Balaban J connectivity index is 2.12. The molecule has 0 aliphatic heterocycles. The number of hydrogen-bond donors (Lipinski definition) is 0. The number of carbonyl (C=O) groups is 2. The first-order valence-electron chi connectivity index (χ1n) is 6.34. The van der Waals surface area contributed by atoms with E-state index in [0.717, 1.165) is 4.47 Å². The number of carbonyl (C=O) groups excluding carboxylic acids is 2. The molecule has 2 aromatic carbocycles. The van der Waals surface area contributed by atoms with Crippen LogP contribution < -0.4 is 0 Å². The van der Waals surface area contributed by atoms with Gasteiger partial charge in [0.15, 0.2) is 6.10 Å². The zero-order valence-corrected chi connectivity index (χ0v) is 14.6. The van der Waals surface area contributed by atoms with Gasteiger partial charge >= 0.3 is 5.97 Å². The summed E-state index contributed by atoms with van der Waals surface area (Å²) in [6.07, 6.45) is -0.927. The highest BCUT2D eigenvalue weighted by molar-refractivity contribution is 9.10. The molecule has 0 spiro atoms. The maximum absolute atomic E-state index is 12.2. The third-order valence-electron chi connectivity index (χ3n) is 2.93. The first kappa shape index (κ1) is 17.0. The topological polar surface area (TPSA) is 43.4 Å². The fraction of sp³-hybridized carbons (Fsp3) is 0.125. The van der Waals surface area contributed by atoms with Crippen molar-refractivity contribution in [2.75, 3.05) is 0 Å². The van der Waals surface area contributed by atoms with Gasteiger partial charge in [-0.25, -0.2) is 4.79 Å². The van der Waals surface area contributed by atoms with Crippen LogP contribution in [-0.4, -0.2) is 17.9 Å². The molecule has 6 heteroatoms. The maximum Gasteiger partial charge on any atom is 0.340 e. The average molecular weight is 402 g/mol. The standard InChI is InChI=1S/C16H11BrCl2O3/c1-9(15(20)10-2-4-11(17)5-3-10)22-16(21)13-8-12(18)6-7-14(13)19/h2-9H,1H3/t9-/m0/s1. The molecular formula is C16H11BrCl2O3. The summed E-state index contributed by atoms with van der Waals surface area (Å²) in [5.74, 6) is -0.982. The first-order chi connectivity index (χ1) is 10.4. The monoisotopic (exact) mass is 400 g/mol. The van der Waals surface area contributed by atoms with Gasteiger partial charge in [0.2, 0.25) is 5.78 Å². The van der Waals surface area contributed by atoms with Crippen LogP contribution in [-0.2, 0) is 4.74 Å². The van der Waals surface area contributed by atoms with Gasteiger partial charge in [-0.3, -0.25) is 4.79 Å². The molecule has 0 heterocycles. The van der Waals surface area contributed by atoms with Gasteiger partial charge in [0, 0.05) is 15.1 Å². The molecule has 0 saturated heterocycles. The van der Waals surface area contributed by atoms with Crippen LogP contribution in [0.5, 0.6) is 0 Å². The summed E-state index contributed by atoms with van der Waals surface area (Å²) >= 11 is 15.1. The SMILES string of the molecule is C[C@H](OC(=O)c1cc(Cl)ccc1Cl)C(=O)c1ccc(Br)cc1. The molecule has 2 rings (SSSR count). The second-order valence-electron chi connectivity index (χ2n) is 4.54. The van der Waals surface area contributed by atoms with Gasteiger partial charge in [-0.1, -0.05) is 51.3 Å². The lowest BCUT2D eigenvalue weighted by atomic mass is 10.1. The highest BCUT2D eigenvalue weighted by Crippen LogP contribution is 2.22. The van der Waals surface area contributed by atoms with E-state index >= 15 is 0 Å². The van der Waals surface area contributed by atoms with Crippen molar-refractivity contribution in [3.63, 3.8) is 0 Å². The lowest BCUT2D eigenvalue weighted by molar-refractivity contribution is 0.0319. The second kappa shape index (κ2) is 7.27. The Hall–Kier alpha value is -1.36. The van der Waals surface area contributed by atoms with Crippen molar-refractivity contribution >= 4 is 50.9 Å². The normalized spacial score (nSPS) is 11.8. The van der Waals surface area contributed by atoms with Gasteiger partial charge < -0.3 is 4.74 Å². The maximum atomic E-state index is 12.2. The summed E-state index contributed by atoms with van der Waals surface area (Å²) in [6, 6.07) is 11.3. The minimum atomic E-state index is -0.927. The van der Waals surface area contributed by atoms with Crippen LogP contribution >= 0.6 is 39.1 Å². The van der Waals surface area contributed by atoms with Gasteiger partial charge in [-0.15, -0.1) is 0 Å². The lowest BCUT2D eigenvalue weighted by Gasteiger charge is -2.13. The fourth-order valence-corrected chi connectivity index (χ4v) is 2.41. The highest BCUT2D eigenvalue weighted by atomic mass is 79.9. The van der Waals surface area contributed by atoms with Crippen molar-refractivity contribution in [3.05, 3.63) is 68.1 Å². The van der Waals surface area contributed by atoms with Gasteiger partial charge in [-0.2, -0.15) is 0 Å². The molecular weight excluding hydrogens is 391 g/mol. The molecule has 0 aromatic heterocycles. The predicted octanol–water partition coefficient (Wildman–Crippen LogP) is 5.18. The number of rotatable bonds is 4. The number of benzene rings is 2. The number of halogens is 3. The number of ketones is 1. The molecule has 3 nitrogen and oxygen atoms in total. The molecule has 114 valence electrons. The highest BCUT2D eigenvalue weighted by Gasteiger charge is 2.22. The molecule has 1 atom stereocenters. The fourth-order valence-electron chi connectivity index (χ4n) is 1.78. The van der Waals surface area contributed by atoms with E-state index in [4.69, 9.17) is 27.9 Å². The number of Topliss-reactive ketones (excluding diaryl/α,β-unsaturated/α-hetero) is 1. The van der Waals surface area contributed by atoms with Crippen molar-refractivity contribution in [3.8, 4) is 0 Å². The summed E-state index contributed by atoms with van der Waals surface area (Å²) in [5.41, 5.74) is 0.588. The van der Waals surface area contributed by atoms with E-state index in [2.05, 4.69) is 15.9 Å². The molecule has 0 aliphatic carbocycles. The third-order valence-corrected chi connectivity index (χ3v) is 4.02. The van der Waals surface area contributed by atoms with Crippen molar-refractivity contribution in [1.82, 2.24) is 0 Å². The van der Waals surface area contributed by atoms with Crippen LogP contribution in [0.4, 0.5) is 0 Å². The van der Waals surface area contributed by atoms with Crippen LogP contribution in [0.2, 0.25) is 10.0 Å². The van der Waals surface area contributed by atoms with E-state index < -0.39 is 12.1 Å². The van der Waals surface area contributed by atoms with Crippen LogP contribution in [0.15, 0.2) is 46.9 Å². The van der Waals surface area contributed by atoms with Gasteiger partial charge in [0.1, 0.15) is 0 Å². The Kier molecular flexibility index (Phi) is 5.62. The Morgan fingerprint density at radius 3 is 2.36 bits per heavy atom. The molecule has 0 unspecified atom stereocenters. The second-order valence-corrected chi connectivity index (χ2v) is 6.30. The molecule has 0 fully saturated rings. The Bertz CT molecular complexity index is 714. The van der Waals surface area contributed by atoms with Gasteiger partial charge in [0.05, 0.1) is 10.6 Å². The third kappa shape index (κ3) is 4.09. The molecule has 0 radical (unpaired) electrons. The smallest absolute Gasteiger partial charge is 0.340 e. The average Bonchev–Trinajstić information content (AvgIpc) is 2.49. The van der Waals surface area contributed by atoms with Crippen molar-refractivity contribution < 1.29 is 14.3 Å². The van der Waals surface area contributed by atoms with E-state index in [9.17, 15) is 9.59 Å². The summed E-state index contributed by atoms with van der Waals surface area (Å²) in [7, 11) is 0.